The Morgan fingerprint density at radius 3 is 2.54 bits per heavy atom. The Morgan fingerprint density at radius 1 is 1.15 bits per heavy atom. The molecule has 3 nitrogen and oxygen atoms in total. The van der Waals surface area contributed by atoms with E-state index in [1.807, 2.05) is 0 Å². The van der Waals surface area contributed by atoms with Gasteiger partial charge in [-0.2, -0.15) is 0 Å². The fourth-order valence-electron chi connectivity index (χ4n) is 2.96. The van der Waals surface area contributed by atoms with Crippen molar-refractivity contribution in [3.05, 3.63) is 20.7 Å². The van der Waals surface area contributed by atoms with Crippen LogP contribution in [0.2, 0.25) is 0 Å². The van der Waals surface area contributed by atoms with Gasteiger partial charge in [-0.3, -0.25) is 14.4 Å². The molecule has 1 aromatic rings. The molecule has 2 unspecified atom stereocenters. The molecule has 2 saturated carbocycles. The maximum absolute atomic E-state index is 11.5. The minimum atomic E-state index is -0.849. The van der Waals surface area contributed by atoms with Crippen LogP contribution in [0, 0.1) is 11.3 Å². The number of hydrogen-bond donors (Lipinski definition) is 0. The van der Waals surface area contributed by atoms with Crippen LogP contribution >= 0.6 is 0 Å². The molecular weight excluding hydrogens is 168 g/mol. The lowest BCUT2D eigenvalue weighted by Crippen LogP contribution is -2.43. The molecule has 62 valence electrons. The van der Waals surface area contributed by atoms with E-state index in [0.29, 0.717) is 16.0 Å². The van der Waals surface area contributed by atoms with Gasteiger partial charge < -0.3 is 0 Å². The van der Waals surface area contributed by atoms with Crippen LogP contribution < -0.4 is 15.9 Å². The molecule has 0 bridgehead atoms. The molecule has 3 heteroatoms. The van der Waals surface area contributed by atoms with E-state index in [2.05, 4.69) is 0 Å². The van der Waals surface area contributed by atoms with Crippen molar-refractivity contribution in [3.8, 4) is 0 Å². The maximum Gasteiger partial charge on any atom is 0.195 e. The van der Waals surface area contributed by atoms with Gasteiger partial charge in [-0.25, -0.2) is 0 Å². The molecule has 13 heavy (non-hydrogen) atoms. The Kier molecular flexibility index (Phi) is 0.539. The highest BCUT2D eigenvalue weighted by molar-refractivity contribution is 6.61. The highest BCUT2D eigenvalue weighted by Crippen LogP contribution is 2.67. The molecule has 3 aliphatic carbocycles. The summed E-state index contributed by atoms with van der Waals surface area (Å²) in [4.78, 5) is 34.0. The summed E-state index contributed by atoms with van der Waals surface area (Å²) in [6.45, 7) is 1.77. The second kappa shape index (κ2) is 1.16. The average molecular weight is 172 g/mol. The maximum atomic E-state index is 11.5. The third kappa shape index (κ3) is 0.297. The summed E-state index contributed by atoms with van der Waals surface area (Å²) in [5.41, 5.74) is 0.492. The Hall–Kier alpha value is -1.51. The molecule has 2 atom stereocenters. The monoisotopic (exact) mass is 172 g/mol. The molecule has 1 spiro atoms. The lowest BCUT2D eigenvalue weighted by atomic mass is 9.66. The molecule has 0 N–H and O–H groups in total. The minimum absolute atomic E-state index is 0.00231. The van der Waals surface area contributed by atoms with Crippen LogP contribution in [0.15, 0.2) is 4.79 Å². The molecule has 2 fully saturated rings. The third-order valence-corrected chi connectivity index (χ3v) is 3.64. The Bertz CT molecular complexity index is 666. The SMILES string of the molecule is CC1C(=O)C23C(=O)C2=c2c(=O)c2=C13. The number of hydrogen-bond acceptors (Lipinski definition) is 3. The fourth-order valence-corrected chi connectivity index (χ4v) is 2.96. The van der Waals surface area contributed by atoms with Crippen LogP contribution in [0.5, 0.6) is 0 Å². The summed E-state index contributed by atoms with van der Waals surface area (Å²) >= 11 is 0. The molecule has 0 aromatic heterocycles. The van der Waals surface area contributed by atoms with E-state index < -0.39 is 5.41 Å². The van der Waals surface area contributed by atoms with Crippen molar-refractivity contribution in [1.82, 2.24) is 0 Å². The van der Waals surface area contributed by atoms with Crippen molar-refractivity contribution >= 4 is 22.7 Å². The van der Waals surface area contributed by atoms with Gasteiger partial charge in [0.25, 0.3) is 0 Å². The van der Waals surface area contributed by atoms with E-state index in [0.717, 1.165) is 5.57 Å². The molecule has 3 aliphatic rings. The van der Waals surface area contributed by atoms with Crippen LogP contribution in [0.1, 0.15) is 6.92 Å². The van der Waals surface area contributed by atoms with Gasteiger partial charge in [-0.15, -0.1) is 0 Å². The van der Waals surface area contributed by atoms with E-state index in [4.69, 9.17) is 0 Å². The van der Waals surface area contributed by atoms with Crippen LogP contribution in [-0.4, -0.2) is 11.6 Å². The normalized spacial score (nSPS) is 39.0. The smallest absolute Gasteiger partial charge is 0.195 e. The van der Waals surface area contributed by atoms with Gasteiger partial charge in [0.2, 0.25) is 0 Å². The van der Waals surface area contributed by atoms with Crippen LogP contribution in [0.25, 0.3) is 11.1 Å². The van der Waals surface area contributed by atoms with Gasteiger partial charge in [0, 0.05) is 21.9 Å². The van der Waals surface area contributed by atoms with Gasteiger partial charge in [-0.1, -0.05) is 6.92 Å². The highest BCUT2D eigenvalue weighted by atomic mass is 16.2. The van der Waals surface area contributed by atoms with Gasteiger partial charge in [-0.05, 0) is 5.57 Å². The number of fused-ring (bicyclic) bond motifs is 1. The Morgan fingerprint density at radius 2 is 1.85 bits per heavy atom. The molecule has 0 aliphatic heterocycles. The van der Waals surface area contributed by atoms with E-state index in [1.165, 1.54) is 0 Å². The van der Waals surface area contributed by atoms with Gasteiger partial charge in [0.15, 0.2) is 17.0 Å². The number of carbonyl (C=O) groups excluding carboxylic acids is 2. The molecule has 0 radical (unpaired) electrons. The molecule has 1 aromatic carbocycles. The van der Waals surface area contributed by atoms with Gasteiger partial charge in [0.1, 0.15) is 5.41 Å². The van der Waals surface area contributed by atoms with E-state index in [-0.39, 0.29) is 22.9 Å². The molecular formula is C10H4O3. The van der Waals surface area contributed by atoms with Crippen LogP contribution in [0.3, 0.4) is 0 Å². The first-order valence-corrected chi connectivity index (χ1v) is 4.27. The first kappa shape index (κ1) is 6.02. The summed E-state index contributed by atoms with van der Waals surface area (Å²) in [7, 11) is 0. The Labute approximate surface area is 72.0 Å². The zero-order valence-corrected chi connectivity index (χ0v) is 6.80. The van der Waals surface area contributed by atoms with E-state index >= 15 is 0 Å². The summed E-state index contributed by atoms with van der Waals surface area (Å²) in [5.74, 6) is -0.293. The molecule has 0 heterocycles. The molecule has 4 rings (SSSR count). The minimum Gasteiger partial charge on any atom is -0.297 e. The zero-order valence-electron chi connectivity index (χ0n) is 6.80. The quantitative estimate of drug-likeness (QED) is 0.426. The van der Waals surface area contributed by atoms with Crippen molar-refractivity contribution in [3.63, 3.8) is 0 Å². The predicted octanol–water partition coefficient (Wildman–Crippen LogP) is -1.97. The topological polar surface area (TPSA) is 51.2 Å². The van der Waals surface area contributed by atoms with Crippen LogP contribution in [-0.2, 0) is 9.59 Å². The summed E-state index contributed by atoms with van der Waals surface area (Å²) < 4.78 is 0. The van der Waals surface area contributed by atoms with Crippen molar-refractivity contribution < 1.29 is 9.59 Å². The first-order valence-electron chi connectivity index (χ1n) is 4.27. The van der Waals surface area contributed by atoms with Crippen molar-refractivity contribution in [2.24, 2.45) is 11.3 Å². The first-order chi connectivity index (χ1) is 6.13. The highest BCUT2D eigenvalue weighted by Gasteiger charge is 2.79. The second-order valence-corrected chi connectivity index (χ2v) is 4.03. The number of ketones is 2. The summed E-state index contributed by atoms with van der Waals surface area (Å²) in [6, 6.07) is 0. The Balaban J connectivity index is 2.28. The number of carbonyl (C=O) groups is 2. The van der Waals surface area contributed by atoms with Gasteiger partial charge >= 0.3 is 0 Å². The average Bonchev–Trinajstić information content (AvgIpc) is 2.90. The zero-order chi connectivity index (χ0) is 9.12. The fraction of sp³-hybridized carbons (Fsp3) is 0.300. The number of rotatable bonds is 0. The number of Topliss-reactive ketones (excluding diaryl/α,β-unsaturated/α-hetero) is 2. The lowest BCUT2D eigenvalue weighted by Gasteiger charge is -2.31. The van der Waals surface area contributed by atoms with E-state index in [9.17, 15) is 14.4 Å². The van der Waals surface area contributed by atoms with Crippen molar-refractivity contribution in [2.75, 3.05) is 0 Å². The largest absolute Gasteiger partial charge is 0.297 e. The second-order valence-electron chi connectivity index (χ2n) is 4.03. The molecule has 0 saturated heterocycles. The predicted molar refractivity (Wildman–Crippen MR) is 42.8 cm³/mol. The standard InChI is InChI=1S/C10H4O3/c1-2-5-3-4(7(3)11)6-9(13)10(5,6)8(2)12/h2H,1H3. The van der Waals surface area contributed by atoms with Crippen molar-refractivity contribution in [1.29, 1.82) is 0 Å². The third-order valence-electron chi connectivity index (χ3n) is 3.64. The lowest BCUT2D eigenvalue weighted by molar-refractivity contribution is -0.130. The van der Waals surface area contributed by atoms with Gasteiger partial charge in [0.05, 0.1) is 0 Å². The van der Waals surface area contributed by atoms with Crippen molar-refractivity contribution in [2.45, 2.75) is 6.92 Å². The summed E-state index contributed by atoms with van der Waals surface area (Å²) in [5, 5.41) is 1.29. The van der Waals surface area contributed by atoms with Crippen LogP contribution in [0.4, 0.5) is 0 Å². The summed E-state index contributed by atoms with van der Waals surface area (Å²) in [6.07, 6.45) is 0. The molecule has 0 amide bonds. The van der Waals surface area contributed by atoms with E-state index in [1.54, 1.807) is 6.92 Å².